The van der Waals surface area contributed by atoms with Gasteiger partial charge in [0.25, 0.3) is 5.56 Å². The minimum atomic E-state index is -0.574. The number of ketones is 1. The maximum atomic E-state index is 14.8. The summed E-state index contributed by atoms with van der Waals surface area (Å²) in [5.41, 5.74) is 0.327. The van der Waals surface area contributed by atoms with Crippen molar-refractivity contribution in [2.75, 3.05) is 39.1 Å². The molecule has 8 heteroatoms. The lowest BCUT2D eigenvalue weighted by molar-refractivity contribution is 0.103. The Morgan fingerprint density at radius 1 is 1.03 bits per heavy atom. The predicted octanol–water partition coefficient (Wildman–Crippen LogP) is 2.60. The molecule has 0 unspecified atom stereocenters. The van der Waals surface area contributed by atoms with Crippen molar-refractivity contribution in [2.45, 2.75) is 6.42 Å². The lowest BCUT2D eigenvalue weighted by Gasteiger charge is -2.21. The number of benzene rings is 2. The number of halogens is 2. The van der Waals surface area contributed by atoms with Gasteiger partial charge in [0.05, 0.1) is 27.8 Å². The van der Waals surface area contributed by atoms with E-state index in [0.717, 1.165) is 29.7 Å². The second kappa shape index (κ2) is 7.04. The summed E-state index contributed by atoms with van der Waals surface area (Å²) in [4.78, 5) is 33.8. The summed E-state index contributed by atoms with van der Waals surface area (Å²) in [6, 6.07) is 6.25. The van der Waals surface area contributed by atoms with E-state index >= 15 is 0 Å². The van der Waals surface area contributed by atoms with Crippen LogP contribution in [0.2, 0.25) is 0 Å². The fourth-order valence-electron chi connectivity index (χ4n) is 3.61. The molecule has 1 aliphatic rings. The van der Waals surface area contributed by atoms with Crippen molar-refractivity contribution in [3.63, 3.8) is 0 Å². The number of nitrogens with zero attached hydrogens (tertiary/aromatic N) is 4. The normalized spacial score (nSPS) is 12.6. The number of rotatable bonds is 5. The summed E-state index contributed by atoms with van der Waals surface area (Å²) in [5.74, 6) is -1.72. The van der Waals surface area contributed by atoms with Crippen LogP contribution in [0.4, 0.5) is 14.5 Å². The second-order valence-corrected chi connectivity index (χ2v) is 7.47. The van der Waals surface area contributed by atoms with Gasteiger partial charge in [0.2, 0.25) is 5.78 Å². The maximum absolute atomic E-state index is 14.8. The molecule has 0 saturated carbocycles. The van der Waals surface area contributed by atoms with Crippen LogP contribution in [0.25, 0.3) is 16.6 Å². The summed E-state index contributed by atoms with van der Waals surface area (Å²) in [5, 5.41) is 0.0710. The topological polar surface area (TPSA) is 58.4 Å². The zero-order valence-corrected chi connectivity index (χ0v) is 16.4. The van der Waals surface area contributed by atoms with Crippen LogP contribution in [-0.2, 0) is 0 Å². The van der Waals surface area contributed by atoms with Crippen molar-refractivity contribution >= 4 is 22.4 Å². The van der Waals surface area contributed by atoms with Crippen molar-refractivity contribution in [3.05, 3.63) is 63.7 Å². The molecule has 0 radical (unpaired) electrons. The van der Waals surface area contributed by atoms with Crippen LogP contribution in [0.3, 0.4) is 0 Å². The summed E-state index contributed by atoms with van der Waals surface area (Å²) < 4.78 is 29.5. The molecule has 0 saturated heterocycles. The van der Waals surface area contributed by atoms with E-state index in [0.29, 0.717) is 12.2 Å². The van der Waals surface area contributed by atoms with Crippen LogP contribution in [0, 0.1) is 11.6 Å². The number of carbonyl (C=O) groups is 1. The third kappa shape index (κ3) is 3.19. The first-order valence-corrected chi connectivity index (χ1v) is 9.24. The van der Waals surface area contributed by atoms with Gasteiger partial charge in [0.15, 0.2) is 5.82 Å². The Morgan fingerprint density at radius 3 is 2.52 bits per heavy atom. The van der Waals surface area contributed by atoms with Crippen LogP contribution >= 0.6 is 0 Å². The number of carbonyl (C=O) groups excluding carboxylic acids is 1. The minimum Gasteiger partial charge on any atom is -0.372 e. The van der Waals surface area contributed by atoms with Crippen molar-refractivity contribution in [1.82, 2.24) is 14.5 Å². The average Bonchev–Trinajstić information content (AvgIpc) is 2.94. The van der Waals surface area contributed by atoms with E-state index < -0.39 is 23.0 Å². The van der Waals surface area contributed by atoms with Gasteiger partial charge in [-0.2, -0.15) is 0 Å². The van der Waals surface area contributed by atoms with Gasteiger partial charge in [-0.3, -0.25) is 14.2 Å². The maximum Gasteiger partial charge on any atom is 0.266 e. The molecule has 0 aliphatic carbocycles. The quantitative estimate of drug-likeness (QED) is 0.517. The Kier molecular flexibility index (Phi) is 4.66. The molecule has 0 N–H and O–H groups in total. The first-order chi connectivity index (χ1) is 13.8. The smallest absolute Gasteiger partial charge is 0.266 e. The Balaban J connectivity index is 1.81. The molecule has 3 aromatic rings. The van der Waals surface area contributed by atoms with Gasteiger partial charge >= 0.3 is 0 Å². The van der Waals surface area contributed by atoms with Crippen LogP contribution < -0.4 is 10.5 Å². The monoisotopic (exact) mass is 398 g/mol. The Bertz CT molecular complexity index is 1200. The van der Waals surface area contributed by atoms with E-state index in [9.17, 15) is 18.4 Å². The molecule has 0 bridgehead atoms. The lowest BCUT2D eigenvalue weighted by atomic mass is 10.1. The van der Waals surface area contributed by atoms with Gasteiger partial charge in [0.1, 0.15) is 11.6 Å². The molecule has 2 aromatic carbocycles. The third-order valence-electron chi connectivity index (χ3n) is 5.09. The number of hydrogen-bond donors (Lipinski definition) is 0. The largest absolute Gasteiger partial charge is 0.372 e. The molecule has 1 aromatic heterocycles. The molecule has 0 amide bonds. The van der Waals surface area contributed by atoms with E-state index in [1.165, 1.54) is 18.2 Å². The van der Waals surface area contributed by atoms with Gasteiger partial charge in [0, 0.05) is 13.6 Å². The number of anilines is 1. The highest BCUT2D eigenvalue weighted by atomic mass is 19.1. The second-order valence-electron chi connectivity index (χ2n) is 7.47. The molecule has 0 fully saturated rings. The highest BCUT2D eigenvalue weighted by Crippen LogP contribution is 2.29. The van der Waals surface area contributed by atoms with Crippen molar-refractivity contribution in [2.24, 2.45) is 0 Å². The van der Waals surface area contributed by atoms with Gasteiger partial charge in [-0.05, 0) is 57.4 Å². The van der Waals surface area contributed by atoms with E-state index in [2.05, 4.69) is 4.98 Å². The first-order valence-electron chi connectivity index (χ1n) is 9.24. The SMILES string of the molecule is CN(C)CCCN(C)c1cc2nc3n(c(=O)c2cc1F)-c1ccc(F)cc1C3=O. The Hall–Kier alpha value is -3.13. The standard InChI is InChI=1S/C21H20F2N4O2/c1-25(2)7-4-8-26(3)18-11-16-13(10-15(18)23)21(29)27-17-6-5-12(22)9-14(17)19(28)20(27)24-16/h5-6,9-11H,4,7-8H2,1-3H3. The predicted molar refractivity (Wildman–Crippen MR) is 107 cm³/mol. The molecule has 0 spiro atoms. The molecular formula is C21H20F2N4O2. The minimum absolute atomic E-state index is 0.0710. The molecule has 150 valence electrons. The highest BCUT2D eigenvalue weighted by molar-refractivity contribution is 6.13. The van der Waals surface area contributed by atoms with Crippen molar-refractivity contribution in [3.8, 4) is 5.69 Å². The van der Waals surface area contributed by atoms with E-state index in [1.54, 1.807) is 11.9 Å². The fraction of sp³-hybridized carbons (Fsp3) is 0.286. The summed E-state index contributed by atoms with van der Waals surface area (Å²) in [6.07, 6.45) is 0.834. The van der Waals surface area contributed by atoms with Gasteiger partial charge in [-0.25, -0.2) is 13.8 Å². The summed E-state index contributed by atoms with van der Waals surface area (Å²) in [7, 11) is 5.70. The third-order valence-corrected chi connectivity index (χ3v) is 5.09. The molecular weight excluding hydrogens is 378 g/mol. The first kappa shape index (κ1) is 19.2. The molecule has 29 heavy (non-hydrogen) atoms. The molecule has 6 nitrogen and oxygen atoms in total. The molecule has 2 heterocycles. The van der Waals surface area contributed by atoms with Crippen LogP contribution in [0.15, 0.2) is 35.1 Å². The van der Waals surface area contributed by atoms with Gasteiger partial charge < -0.3 is 9.80 Å². The Labute approximate surface area is 166 Å². The zero-order valence-electron chi connectivity index (χ0n) is 16.4. The molecule has 0 atom stereocenters. The number of fused-ring (bicyclic) bond motifs is 4. The Morgan fingerprint density at radius 2 is 1.79 bits per heavy atom. The average molecular weight is 398 g/mol. The van der Waals surface area contributed by atoms with Gasteiger partial charge in [-0.15, -0.1) is 0 Å². The number of aromatic nitrogens is 2. The van der Waals surface area contributed by atoms with Crippen LogP contribution in [0.5, 0.6) is 0 Å². The fourth-order valence-corrected chi connectivity index (χ4v) is 3.61. The van der Waals surface area contributed by atoms with E-state index in [1.807, 2.05) is 19.0 Å². The van der Waals surface area contributed by atoms with Crippen molar-refractivity contribution in [1.29, 1.82) is 0 Å². The van der Waals surface area contributed by atoms with Crippen LogP contribution in [0.1, 0.15) is 22.6 Å². The van der Waals surface area contributed by atoms with Gasteiger partial charge in [-0.1, -0.05) is 0 Å². The van der Waals surface area contributed by atoms with Crippen LogP contribution in [-0.4, -0.2) is 54.5 Å². The van der Waals surface area contributed by atoms with E-state index in [4.69, 9.17) is 0 Å². The number of hydrogen-bond acceptors (Lipinski definition) is 5. The summed E-state index contributed by atoms with van der Waals surface area (Å²) in [6.45, 7) is 1.48. The molecule has 4 rings (SSSR count). The van der Waals surface area contributed by atoms with Crippen molar-refractivity contribution < 1.29 is 13.6 Å². The zero-order chi connectivity index (χ0) is 20.9. The lowest BCUT2D eigenvalue weighted by Crippen LogP contribution is -2.25. The molecule has 1 aliphatic heterocycles. The summed E-state index contributed by atoms with van der Waals surface area (Å²) >= 11 is 0. The van der Waals surface area contributed by atoms with E-state index in [-0.39, 0.29) is 28.0 Å². The highest BCUT2D eigenvalue weighted by Gasteiger charge is 2.31.